The van der Waals surface area contributed by atoms with Gasteiger partial charge >= 0.3 is 0 Å². The number of nitrogens with one attached hydrogen (secondary N) is 1. The maximum absolute atomic E-state index is 5.73. The second-order valence-corrected chi connectivity index (χ2v) is 4.66. The predicted molar refractivity (Wildman–Crippen MR) is 65.1 cm³/mol. The van der Waals surface area contributed by atoms with Crippen molar-refractivity contribution in [3.8, 4) is 0 Å². The molecule has 1 aromatic heterocycles. The molecule has 0 bridgehead atoms. The SMILES string of the molecule is CC(C)CCNC(C)c1ccc(Cl)nc1. The van der Waals surface area contributed by atoms with Crippen molar-refractivity contribution in [3.63, 3.8) is 0 Å². The Morgan fingerprint density at radius 2 is 2.07 bits per heavy atom. The number of rotatable bonds is 5. The van der Waals surface area contributed by atoms with Gasteiger partial charge in [-0.1, -0.05) is 31.5 Å². The van der Waals surface area contributed by atoms with Gasteiger partial charge in [0.05, 0.1) is 0 Å². The summed E-state index contributed by atoms with van der Waals surface area (Å²) in [6.45, 7) is 7.65. The van der Waals surface area contributed by atoms with Crippen LogP contribution in [0.1, 0.15) is 38.8 Å². The Bertz CT molecular complexity index is 282. The molecular weight excluding hydrogens is 208 g/mol. The molecule has 1 atom stereocenters. The summed E-state index contributed by atoms with van der Waals surface area (Å²) >= 11 is 5.73. The second kappa shape index (κ2) is 6.09. The Morgan fingerprint density at radius 3 is 2.60 bits per heavy atom. The third-order valence-electron chi connectivity index (χ3n) is 2.42. The van der Waals surface area contributed by atoms with Crippen LogP contribution < -0.4 is 5.32 Å². The molecule has 0 aromatic carbocycles. The molecular formula is C12H19ClN2. The number of halogens is 1. The molecule has 3 heteroatoms. The molecule has 0 aliphatic heterocycles. The van der Waals surface area contributed by atoms with Crippen LogP contribution >= 0.6 is 11.6 Å². The van der Waals surface area contributed by atoms with E-state index in [9.17, 15) is 0 Å². The second-order valence-electron chi connectivity index (χ2n) is 4.27. The molecule has 0 aliphatic carbocycles. The number of pyridine rings is 1. The van der Waals surface area contributed by atoms with Gasteiger partial charge in [-0.15, -0.1) is 0 Å². The van der Waals surface area contributed by atoms with Crippen molar-refractivity contribution in [1.82, 2.24) is 10.3 Å². The van der Waals surface area contributed by atoms with Crippen molar-refractivity contribution in [1.29, 1.82) is 0 Å². The molecule has 0 aliphatic rings. The molecule has 0 radical (unpaired) electrons. The molecule has 0 spiro atoms. The van der Waals surface area contributed by atoms with E-state index in [1.54, 1.807) is 0 Å². The standard InChI is InChI=1S/C12H19ClN2/c1-9(2)6-7-14-10(3)11-4-5-12(13)15-8-11/h4-5,8-10,14H,6-7H2,1-3H3. The normalized spacial score (nSPS) is 13.1. The molecule has 84 valence electrons. The van der Waals surface area contributed by atoms with Crippen molar-refractivity contribution in [2.75, 3.05) is 6.54 Å². The van der Waals surface area contributed by atoms with E-state index in [0.29, 0.717) is 11.2 Å². The molecule has 1 rings (SSSR count). The van der Waals surface area contributed by atoms with Crippen LogP contribution in [-0.4, -0.2) is 11.5 Å². The Morgan fingerprint density at radius 1 is 1.33 bits per heavy atom. The minimum atomic E-state index is 0.341. The third-order valence-corrected chi connectivity index (χ3v) is 2.65. The van der Waals surface area contributed by atoms with Crippen LogP contribution in [-0.2, 0) is 0 Å². The summed E-state index contributed by atoms with van der Waals surface area (Å²) in [6.07, 6.45) is 3.03. The van der Waals surface area contributed by atoms with Gasteiger partial charge in [-0.05, 0) is 37.4 Å². The first kappa shape index (κ1) is 12.5. The van der Waals surface area contributed by atoms with Crippen LogP contribution in [0.5, 0.6) is 0 Å². The first-order valence-corrected chi connectivity index (χ1v) is 5.82. The van der Waals surface area contributed by atoms with Crippen LogP contribution in [0.15, 0.2) is 18.3 Å². The van der Waals surface area contributed by atoms with Gasteiger partial charge in [-0.2, -0.15) is 0 Å². The summed E-state index contributed by atoms with van der Waals surface area (Å²) < 4.78 is 0. The van der Waals surface area contributed by atoms with E-state index in [2.05, 4.69) is 31.1 Å². The van der Waals surface area contributed by atoms with Gasteiger partial charge in [0.15, 0.2) is 0 Å². The van der Waals surface area contributed by atoms with E-state index in [1.165, 1.54) is 12.0 Å². The molecule has 0 fully saturated rings. The number of hydrogen-bond donors (Lipinski definition) is 1. The molecule has 0 saturated carbocycles. The Labute approximate surface area is 97.1 Å². The average Bonchev–Trinajstić information content (AvgIpc) is 2.18. The Kier molecular flexibility index (Phi) is 5.06. The van der Waals surface area contributed by atoms with E-state index in [-0.39, 0.29) is 0 Å². The summed E-state index contributed by atoms with van der Waals surface area (Å²) in [5.41, 5.74) is 1.18. The predicted octanol–water partition coefficient (Wildman–Crippen LogP) is 3.43. The summed E-state index contributed by atoms with van der Waals surface area (Å²) in [7, 11) is 0. The topological polar surface area (TPSA) is 24.9 Å². The first-order valence-electron chi connectivity index (χ1n) is 5.44. The van der Waals surface area contributed by atoms with Gasteiger partial charge in [0.25, 0.3) is 0 Å². The fourth-order valence-electron chi connectivity index (χ4n) is 1.35. The van der Waals surface area contributed by atoms with Gasteiger partial charge in [-0.25, -0.2) is 4.98 Å². The average molecular weight is 227 g/mol. The fourth-order valence-corrected chi connectivity index (χ4v) is 1.46. The maximum atomic E-state index is 5.73. The van der Waals surface area contributed by atoms with Crippen molar-refractivity contribution in [3.05, 3.63) is 29.0 Å². The summed E-state index contributed by atoms with van der Waals surface area (Å²) in [4.78, 5) is 4.07. The molecule has 1 N–H and O–H groups in total. The molecule has 1 unspecified atom stereocenters. The minimum absolute atomic E-state index is 0.341. The highest BCUT2D eigenvalue weighted by Gasteiger charge is 2.04. The van der Waals surface area contributed by atoms with Crippen LogP contribution in [0, 0.1) is 5.92 Å². The molecule has 0 saturated heterocycles. The highest BCUT2D eigenvalue weighted by Crippen LogP contribution is 2.13. The quantitative estimate of drug-likeness (QED) is 0.779. The smallest absolute Gasteiger partial charge is 0.129 e. The summed E-state index contributed by atoms with van der Waals surface area (Å²) in [6, 6.07) is 4.19. The lowest BCUT2D eigenvalue weighted by Crippen LogP contribution is -2.21. The van der Waals surface area contributed by atoms with Crippen molar-refractivity contribution in [2.24, 2.45) is 5.92 Å². The molecule has 0 amide bonds. The largest absolute Gasteiger partial charge is 0.310 e. The van der Waals surface area contributed by atoms with Crippen LogP contribution in [0.3, 0.4) is 0 Å². The van der Waals surface area contributed by atoms with Crippen molar-refractivity contribution in [2.45, 2.75) is 33.2 Å². The van der Waals surface area contributed by atoms with Gasteiger partial charge in [0.2, 0.25) is 0 Å². The monoisotopic (exact) mass is 226 g/mol. The lowest BCUT2D eigenvalue weighted by molar-refractivity contribution is 0.496. The molecule has 2 nitrogen and oxygen atoms in total. The van der Waals surface area contributed by atoms with Gasteiger partial charge in [0, 0.05) is 12.2 Å². The molecule has 1 heterocycles. The molecule has 15 heavy (non-hydrogen) atoms. The van der Waals surface area contributed by atoms with Gasteiger partial charge < -0.3 is 5.32 Å². The van der Waals surface area contributed by atoms with E-state index < -0.39 is 0 Å². The van der Waals surface area contributed by atoms with E-state index in [4.69, 9.17) is 11.6 Å². The Hall–Kier alpha value is -0.600. The van der Waals surface area contributed by atoms with E-state index >= 15 is 0 Å². The lowest BCUT2D eigenvalue weighted by atomic mass is 10.1. The number of hydrogen-bond acceptors (Lipinski definition) is 2. The number of nitrogens with zero attached hydrogens (tertiary/aromatic N) is 1. The first-order chi connectivity index (χ1) is 7.09. The zero-order valence-electron chi connectivity index (χ0n) is 9.63. The van der Waals surface area contributed by atoms with E-state index in [0.717, 1.165) is 12.5 Å². The van der Waals surface area contributed by atoms with Crippen LogP contribution in [0.4, 0.5) is 0 Å². The fraction of sp³-hybridized carbons (Fsp3) is 0.583. The molecule has 1 aromatic rings. The Balaban J connectivity index is 2.40. The van der Waals surface area contributed by atoms with Crippen molar-refractivity contribution >= 4 is 11.6 Å². The third kappa shape index (κ3) is 4.63. The highest BCUT2D eigenvalue weighted by molar-refractivity contribution is 6.29. The zero-order chi connectivity index (χ0) is 11.3. The minimum Gasteiger partial charge on any atom is -0.310 e. The summed E-state index contributed by atoms with van der Waals surface area (Å²) in [5.74, 6) is 0.744. The van der Waals surface area contributed by atoms with Crippen molar-refractivity contribution < 1.29 is 0 Å². The van der Waals surface area contributed by atoms with Crippen LogP contribution in [0.25, 0.3) is 0 Å². The van der Waals surface area contributed by atoms with Gasteiger partial charge in [0.1, 0.15) is 5.15 Å². The highest BCUT2D eigenvalue weighted by atomic mass is 35.5. The maximum Gasteiger partial charge on any atom is 0.129 e. The van der Waals surface area contributed by atoms with Crippen LogP contribution in [0.2, 0.25) is 5.15 Å². The van der Waals surface area contributed by atoms with E-state index in [1.807, 2.05) is 18.3 Å². The zero-order valence-corrected chi connectivity index (χ0v) is 10.4. The number of aromatic nitrogens is 1. The van der Waals surface area contributed by atoms with Gasteiger partial charge in [-0.3, -0.25) is 0 Å². The summed E-state index contributed by atoms with van der Waals surface area (Å²) in [5, 5.41) is 4.02. The lowest BCUT2D eigenvalue weighted by Gasteiger charge is -2.14.